The first kappa shape index (κ1) is 7.66. The topological polar surface area (TPSA) is 19.9 Å². The lowest BCUT2D eigenvalue weighted by atomic mass is 10.7. The Balaban J connectivity index is 0.000000145. The van der Waals surface area contributed by atoms with Crippen molar-refractivity contribution in [3.8, 4) is 0 Å². The van der Waals surface area contributed by atoms with Crippen molar-refractivity contribution in [2.45, 2.75) is 6.92 Å². The maximum absolute atomic E-state index is 8.93. The minimum Gasteiger partial charge on any atom is -0.237 e. The summed E-state index contributed by atoms with van der Waals surface area (Å²) in [6.07, 6.45) is 0. The molecule has 1 radical (unpaired) electrons. The van der Waals surface area contributed by atoms with Gasteiger partial charge in [-0.2, -0.15) is 11.3 Å². The summed E-state index contributed by atoms with van der Waals surface area (Å²) in [6, 6.07) is 4.04. The normalized spacial score (nSPS) is 7.25. The molecule has 0 aromatic carbocycles. The van der Waals surface area contributed by atoms with Crippen LogP contribution in [-0.4, -0.2) is 6.61 Å². The van der Waals surface area contributed by atoms with Gasteiger partial charge in [-0.3, -0.25) is 0 Å². The first-order chi connectivity index (χ1) is 3.91. The molecule has 0 fully saturated rings. The fourth-order valence-electron chi connectivity index (χ4n) is 0.227. The standard InChI is InChI=1S/C4H4S.C2H5O/c1-2-4-5-3-1;1-2-3/h1-4H;2H2,1H3. The van der Waals surface area contributed by atoms with E-state index in [9.17, 15) is 0 Å². The largest absolute Gasteiger partial charge is 0.237 e. The van der Waals surface area contributed by atoms with E-state index in [0.717, 1.165) is 0 Å². The minimum absolute atomic E-state index is 0. The molecular formula is C6H9OS. The second-order valence-electron chi connectivity index (χ2n) is 1.08. The Kier molecular flexibility index (Phi) is 6.38. The zero-order valence-electron chi connectivity index (χ0n) is 4.83. The van der Waals surface area contributed by atoms with Gasteiger partial charge >= 0.3 is 0 Å². The van der Waals surface area contributed by atoms with Gasteiger partial charge < -0.3 is 0 Å². The van der Waals surface area contributed by atoms with Crippen LogP contribution in [0, 0.1) is 0 Å². The lowest BCUT2D eigenvalue weighted by molar-refractivity contribution is 0.212. The number of rotatable bonds is 0. The molecule has 0 saturated carbocycles. The molecule has 0 bridgehead atoms. The fourth-order valence-corrected chi connectivity index (χ4v) is 0.680. The number of hydrogen-bond donors (Lipinski definition) is 0. The van der Waals surface area contributed by atoms with Crippen molar-refractivity contribution in [2.24, 2.45) is 0 Å². The summed E-state index contributed by atoms with van der Waals surface area (Å²) in [5.41, 5.74) is 0. The van der Waals surface area contributed by atoms with Crippen LogP contribution in [-0.2, 0) is 5.11 Å². The van der Waals surface area contributed by atoms with E-state index in [1.54, 1.807) is 18.3 Å². The highest BCUT2D eigenvalue weighted by molar-refractivity contribution is 7.07. The molecule has 1 rings (SSSR count). The van der Waals surface area contributed by atoms with Crippen LogP contribution in [0.2, 0.25) is 0 Å². The highest BCUT2D eigenvalue weighted by Gasteiger charge is 1.58. The van der Waals surface area contributed by atoms with E-state index < -0.39 is 0 Å². The molecule has 0 spiro atoms. The summed E-state index contributed by atoms with van der Waals surface area (Å²) in [5, 5.41) is 13.0. The Labute approximate surface area is 53.6 Å². The molecule has 0 amide bonds. The van der Waals surface area contributed by atoms with Gasteiger partial charge in [-0.25, -0.2) is 5.11 Å². The third-order valence-electron chi connectivity index (χ3n) is 0.425. The minimum atomic E-state index is 0. The van der Waals surface area contributed by atoms with Crippen molar-refractivity contribution in [1.82, 2.24) is 0 Å². The second kappa shape index (κ2) is 6.66. The van der Waals surface area contributed by atoms with Gasteiger partial charge in [0, 0.05) is 0 Å². The maximum atomic E-state index is 8.93. The lowest BCUT2D eigenvalue weighted by Crippen LogP contribution is -1.52. The van der Waals surface area contributed by atoms with Crippen molar-refractivity contribution in [1.29, 1.82) is 0 Å². The van der Waals surface area contributed by atoms with Gasteiger partial charge in [0.2, 0.25) is 0 Å². The maximum Gasteiger partial charge on any atom is 0.0794 e. The average Bonchev–Trinajstić information content (AvgIpc) is 2.17. The molecule has 0 saturated heterocycles. The second-order valence-corrected chi connectivity index (χ2v) is 1.90. The first-order valence-corrected chi connectivity index (χ1v) is 3.41. The zero-order valence-corrected chi connectivity index (χ0v) is 5.65. The molecule has 0 unspecified atom stereocenters. The van der Waals surface area contributed by atoms with E-state index >= 15 is 0 Å². The van der Waals surface area contributed by atoms with Crippen LogP contribution in [0.15, 0.2) is 22.9 Å². The summed E-state index contributed by atoms with van der Waals surface area (Å²) in [6.45, 7) is 1.57. The quantitative estimate of drug-likeness (QED) is 0.511. The molecule has 0 atom stereocenters. The van der Waals surface area contributed by atoms with Crippen LogP contribution in [0.4, 0.5) is 0 Å². The van der Waals surface area contributed by atoms with Crippen molar-refractivity contribution in [3.05, 3.63) is 22.9 Å². The van der Waals surface area contributed by atoms with E-state index in [2.05, 4.69) is 0 Å². The predicted molar refractivity (Wildman–Crippen MR) is 35.5 cm³/mol. The average molecular weight is 129 g/mol. The van der Waals surface area contributed by atoms with E-state index in [1.165, 1.54) is 0 Å². The third-order valence-corrected chi connectivity index (χ3v) is 1.05. The molecule has 1 nitrogen and oxygen atoms in total. The molecule has 0 aliphatic heterocycles. The molecule has 1 heterocycles. The Morgan fingerprint density at radius 1 is 1.38 bits per heavy atom. The van der Waals surface area contributed by atoms with Gasteiger partial charge in [0.05, 0.1) is 6.61 Å². The molecule has 0 N–H and O–H groups in total. The van der Waals surface area contributed by atoms with Gasteiger partial charge in [-0.1, -0.05) is 12.1 Å². The van der Waals surface area contributed by atoms with E-state index in [1.807, 2.05) is 22.9 Å². The Hall–Kier alpha value is -0.340. The van der Waals surface area contributed by atoms with E-state index in [0.29, 0.717) is 0 Å². The van der Waals surface area contributed by atoms with Gasteiger partial charge in [-0.15, -0.1) is 0 Å². The first-order valence-electron chi connectivity index (χ1n) is 2.47. The van der Waals surface area contributed by atoms with Crippen molar-refractivity contribution in [2.75, 3.05) is 6.61 Å². The highest BCUT2D eigenvalue weighted by atomic mass is 32.1. The van der Waals surface area contributed by atoms with Crippen LogP contribution in [0.5, 0.6) is 0 Å². The number of thiophene rings is 1. The van der Waals surface area contributed by atoms with Crippen LogP contribution < -0.4 is 0 Å². The smallest absolute Gasteiger partial charge is 0.0794 e. The van der Waals surface area contributed by atoms with Gasteiger partial charge in [0.1, 0.15) is 0 Å². The lowest BCUT2D eigenvalue weighted by Gasteiger charge is -1.45. The zero-order chi connectivity index (χ0) is 6.24. The molecule has 0 aliphatic carbocycles. The molecule has 1 aromatic rings. The van der Waals surface area contributed by atoms with Crippen molar-refractivity contribution < 1.29 is 5.11 Å². The van der Waals surface area contributed by atoms with Crippen molar-refractivity contribution >= 4 is 11.3 Å². The highest BCUT2D eigenvalue weighted by Crippen LogP contribution is 1.91. The summed E-state index contributed by atoms with van der Waals surface area (Å²) < 4.78 is 0. The van der Waals surface area contributed by atoms with Crippen molar-refractivity contribution in [3.63, 3.8) is 0 Å². The molecule has 0 aliphatic rings. The van der Waals surface area contributed by atoms with E-state index in [4.69, 9.17) is 5.11 Å². The molecule has 1 aromatic heterocycles. The number of hydrogen-bond acceptors (Lipinski definition) is 1. The SMILES string of the molecule is CC[O].c1ccsc1. The van der Waals surface area contributed by atoms with E-state index in [-0.39, 0.29) is 6.61 Å². The summed E-state index contributed by atoms with van der Waals surface area (Å²) in [5.74, 6) is 0. The van der Waals surface area contributed by atoms with Crippen LogP contribution in [0.25, 0.3) is 0 Å². The molecule has 8 heavy (non-hydrogen) atoms. The summed E-state index contributed by atoms with van der Waals surface area (Å²) in [7, 11) is 0. The molecule has 2 heteroatoms. The molecule has 45 valence electrons. The monoisotopic (exact) mass is 129 g/mol. The van der Waals surface area contributed by atoms with Crippen LogP contribution in [0.3, 0.4) is 0 Å². The Bertz CT molecular complexity index is 75.4. The third kappa shape index (κ3) is 5.66. The molecular weight excluding hydrogens is 120 g/mol. The summed E-state index contributed by atoms with van der Waals surface area (Å²) >= 11 is 1.71. The van der Waals surface area contributed by atoms with Gasteiger partial charge in [0.15, 0.2) is 0 Å². The van der Waals surface area contributed by atoms with Gasteiger partial charge in [0.25, 0.3) is 0 Å². The Morgan fingerprint density at radius 2 is 1.75 bits per heavy atom. The van der Waals surface area contributed by atoms with Crippen LogP contribution >= 0.6 is 11.3 Å². The Morgan fingerprint density at radius 3 is 1.88 bits per heavy atom. The summed E-state index contributed by atoms with van der Waals surface area (Å²) in [4.78, 5) is 0. The van der Waals surface area contributed by atoms with Crippen LogP contribution in [0.1, 0.15) is 6.92 Å². The van der Waals surface area contributed by atoms with Gasteiger partial charge in [-0.05, 0) is 17.7 Å². The predicted octanol–water partition coefficient (Wildman–Crippen LogP) is 2.18. The fraction of sp³-hybridized carbons (Fsp3) is 0.333.